The van der Waals surface area contributed by atoms with Crippen LogP contribution in [0.4, 0.5) is 0 Å². The fraction of sp³-hybridized carbons (Fsp3) is 0. The first-order valence-electron chi connectivity index (χ1n) is 2.03. The average Bonchev–Trinajstić information content (AvgIpc) is 2.19. The first kappa shape index (κ1) is 4.83. The summed E-state index contributed by atoms with van der Waals surface area (Å²) in [6.45, 7) is 0.330. The van der Waals surface area contributed by atoms with Crippen molar-refractivity contribution in [1.29, 1.82) is 0 Å². The van der Waals surface area contributed by atoms with E-state index in [1.165, 1.54) is 0 Å². The molecule has 0 spiro atoms. The maximum absolute atomic E-state index is 9.60. The van der Waals surface area contributed by atoms with Crippen LogP contribution in [-0.4, -0.2) is 16.7 Å². The predicted octanol–water partition coefficient (Wildman–Crippen LogP) is -0.0551. The predicted molar refractivity (Wildman–Crippen MR) is 25.3 cm³/mol. The fourth-order valence-electron chi connectivity index (χ4n) is 0.362. The SMILES string of the molecule is O=COc1cc[nH]n1. The summed E-state index contributed by atoms with van der Waals surface area (Å²) in [4.78, 5) is 9.60. The number of rotatable bonds is 2. The third-order valence-electron chi connectivity index (χ3n) is 0.644. The second-order valence-electron chi connectivity index (χ2n) is 1.13. The molecule has 1 aromatic rings. The van der Waals surface area contributed by atoms with Crippen molar-refractivity contribution in [3.05, 3.63) is 12.3 Å². The number of hydrogen-bond donors (Lipinski definition) is 1. The van der Waals surface area contributed by atoms with Gasteiger partial charge in [-0.15, -0.1) is 5.10 Å². The highest BCUT2D eigenvalue weighted by Gasteiger charge is 1.88. The molecule has 4 heteroatoms. The molecular weight excluding hydrogens is 108 g/mol. The summed E-state index contributed by atoms with van der Waals surface area (Å²) >= 11 is 0. The Hall–Kier alpha value is -1.32. The first-order chi connectivity index (χ1) is 3.93. The van der Waals surface area contributed by atoms with E-state index in [-0.39, 0.29) is 0 Å². The normalized spacial score (nSPS) is 8.50. The standard InChI is InChI=1S/C4H4N2O2/c7-3-8-4-1-2-5-6-4/h1-3H,(H,5,6). The van der Waals surface area contributed by atoms with Gasteiger partial charge in [-0.05, 0) is 0 Å². The number of nitrogens with zero attached hydrogens (tertiary/aromatic N) is 1. The Kier molecular flexibility index (Phi) is 1.27. The number of carbonyl (C=O) groups is 1. The van der Waals surface area contributed by atoms with Gasteiger partial charge in [-0.3, -0.25) is 9.89 Å². The van der Waals surface area contributed by atoms with Crippen LogP contribution in [0.15, 0.2) is 12.3 Å². The average molecular weight is 112 g/mol. The first-order valence-corrected chi connectivity index (χ1v) is 2.03. The van der Waals surface area contributed by atoms with Gasteiger partial charge in [0.1, 0.15) is 0 Å². The minimum atomic E-state index is 0.292. The molecule has 0 aromatic carbocycles. The number of aromatic amines is 1. The van der Waals surface area contributed by atoms with E-state index in [1.54, 1.807) is 12.3 Å². The van der Waals surface area contributed by atoms with E-state index in [4.69, 9.17) is 0 Å². The molecule has 0 atom stereocenters. The van der Waals surface area contributed by atoms with Gasteiger partial charge in [-0.1, -0.05) is 0 Å². The van der Waals surface area contributed by atoms with Crippen molar-refractivity contribution in [2.75, 3.05) is 0 Å². The number of carbonyl (C=O) groups excluding carboxylic acids is 1. The summed E-state index contributed by atoms with van der Waals surface area (Å²) in [5.74, 6) is 0.292. The van der Waals surface area contributed by atoms with Crippen molar-refractivity contribution < 1.29 is 9.53 Å². The van der Waals surface area contributed by atoms with Crippen molar-refractivity contribution in [2.45, 2.75) is 0 Å². The monoisotopic (exact) mass is 112 g/mol. The lowest BCUT2D eigenvalue weighted by atomic mass is 10.7. The molecule has 0 saturated carbocycles. The molecule has 0 fully saturated rings. The topological polar surface area (TPSA) is 55.0 Å². The number of hydrogen-bond acceptors (Lipinski definition) is 3. The van der Waals surface area contributed by atoms with Gasteiger partial charge in [0, 0.05) is 12.3 Å². The Morgan fingerprint density at radius 1 is 1.88 bits per heavy atom. The molecule has 1 aromatic heterocycles. The van der Waals surface area contributed by atoms with Gasteiger partial charge in [0.05, 0.1) is 0 Å². The molecule has 0 saturated heterocycles. The van der Waals surface area contributed by atoms with E-state index in [2.05, 4.69) is 14.9 Å². The maximum atomic E-state index is 9.60. The van der Waals surface area contributed by atoms with Crippen LogP contribution in [0.25, 0.3) is 0 Å². The summed E-state index contributed by atoms with van der Waals surface area (Å²) < 4.78 is 4.32. The smallest absolute Gasteiger partial charge is 0.299 e. The van der Waals surface area contributed by atoms with Crippen LogP contribution in [0.3, 0.4) is 0 Å². The number of aromatic nitrogens is 2. The Morgan fingerprint density at radius 3 is 3.25 bits per heavy atom. The van der Waals surface area contributed by atoms with Crippen LogP contribution in [-0.2, 0) is 4.79 Å². The summed E-state index contributed by atoms with van der Waals surface area (Å²) in [5.41, 5.74) is 0. The largest absolute Gasteiger partial charge is 0.408 e. The molecule has 0 aliphatic heterocycles. The van der Waals surface area contributed by atoms with E-state index < -0.39 is 0 Å². The number of nitrogens with one attached hydrogen (secondary N) is 1. The highest BCUT2D eigenvalue weighted by Crippen LogP contribution is 1.98. The molecule has 8 heavy (non-hydrogen) atoms. The van der Waals surface area contributed by atoms with Gasteiger partial charge in [0.2, 0.25) is 5.88 Å². The molecule has 0 aliphatic rings. The minimum Gasteiger partial charge on any atom is -0.408 e. The van der Waals surface area contributed by atoms with E-state index >= 15 is 0 Å². The zero-order chi connectivity index (χ0) is 5.82. The highest BCUT2D eigenvalue weighted by molar-refractivity contribution is 5.42. The number of H-pyrrole nitrogens is 1. The Morgan fingerprint density at radius 2 is 2.75 bits per heavy atom. The van der Waals surface area contributed by atoms with Crippen LogP contribution in [0.5, 0.6) is 5.88 Å². The van der Waals surface area contributed by atoms with Crippen LogP contribution < -0.4 is 4.74 Å². The molecule has 0 radical (unpaired) electrons. The molecule has 0 amide bonds. The molecule has 1 N–H and O–H groups in total. The zero-order valence-electron chi connectivity index (χ0n) is 4.00. The van der Waals surface area contributed by atoms with Crippen LogP contribution in [0.2, 0.25) is 0 Å². The fourth-order valence-corrected chi connectivity index (χ4v) is 0.362. The lowest BCUT2D eigenvalue weighted by molar-refractivity contribution is -0.120. The zero-order valence-corrected chi connectivity index (χ0v) is 4.00. The van der Waals surface area contributed by atoms with Crippen molar-refractivity contribution >= 4 is 6.47 Å². The van der Waals surface area contributed by atoms with Crippen molar-refractivity contribution in [1.82, 2.24) is 10.2 Å². The van der Waals surface area contributed by atoms with Crippen LogP contribution in [0.1, 0.15) is 0 Å². The Labute approximate surface area is 45.5 Å². The molecular formula is C4H4N2O2. The van der Waals surface area contributed by atoms with Crippen LogP contribution in [0, 0.1) is 0 Å². The van der Waals surface area contributed by atoms with E-state index in [0.717, 1.165) is 0 Å². The van der Waals surface area contributed by atoms with Crippen LogP contribution >= 0.6 is 0 Å². The van der Waals surface area contributed by atoms with Gasteiger partial charge in [-0.25, -0.2) is 0 Å². The lowest BCUT2D eigenvalue weighted by Gasteiger charge is -1.82. The minimum absolute atomic E-state index is 0.292. The summed E-state index contributed by atoms with van der Waals surface area (Å²) in [5, 5.41) is 6.01. The molecule has 0 bridgehead atoms. The molecule has 1 heterocycles. The Bertz CT molecular complexity index is 159. The van der Waals surface area contributed by atoms with Crippen molar-refractivity contribution in [2.24, 2.45) is 0 Å². The van der Waals surface area contributed by atoms with E-state index in [0.29, 0.717) is 12.4 Å². The van der Waals surface area contributed by atoms with Gasteiger partial charge in [-0.2, -0.15) is 0 Å². The maximum Gasteiger partial charge on any atom is 0.299 e. The van der Waals surface area contributed by atoms with E-state index in [9.17, 15) is 4.79 Å². The van der Waals surface area contributed by atoms with Crippen molar-refractivity contribution in [3.8, 4) is 5.88 Å². The molecule has 0 aliphatic carbocycles. The third-order valence-corrected chi connectivity index (χ3v) is 0.644. The molecule has 1 rings (SSSR count). The third kappa shape index (κ3) is 0.841. The van der Waals surface area contributed by atoms with Gasteiger partial charge in [0.15, 0.2) is 0 Å². The molecule has 0 unspecified atom stereocenters. The van der Waals surface area contributed by atoms with Gasteiger partial charge < -0.3 is 4.74 Å². The molecule has 42 valence electrons. The second kappa shape index (κ2) is 2.11. The van der Waals surface area contributed by atoms with Gasteiger partial charge >= 0.3 is 0 Å². The summed E-state index contributed by atoms with van der Waals surface area (Å²) in [6.07, 6.45) is 1.57. The summed E-state index contributed by atoms with van der Waals surface area (Å²) in [7, 11) is 0. The quantitative estimate of drug-likeness (QED) is 0.545. The van der Waals surface area contributed by atoms with Gasteiger partial charge in [0.25, 0.3) is 6.47 Å². The number of ether oxygens (including phenoxy) is 1. The second-order valence-corrected chi connectivity index (χ2v) is 1.13. The highest BCUT2D eigenvalue weighted by atomic mass is 16.5. The Balaban J connectivity index is 2.62. The van der Waals surface area contributed by atoms with Crippen molar-refractivity contribution in [3.63, 3.8) is 0 Å². The lowest BCUT2D eigenvalue weighted by Crippen LogP contribution is -1.87. The molecule has 4 nitrogen and oxygen atoms in total. The summed E-state index contributed by atoms with van der Waals surface area (Å²) in [6, 6.07) is 1.55. The van der Waals surface area contributed by atoms with E-state index in [1.807, 2.05) is 0 Å².